The highest BCUT2D eigenvalue weighted by Gasteiger charge is 2.09. The van der Waals surface area contributed by atoms with Crippen LogP contribution in [-0.2, 0) is 11.3 Å². The first-order valence-corrected chi connectivity index (χ1v) is 6.04. The van der Waals surface area contributed by atoms with Gasteiger partial charge < -0.3 is 5.32 Å². The SMILES string of the molecule is O=C(Cn1cncn1)Nc1ncc(Br)nc1Br. The van der Waals surface area contributed by atoms with E-state index in [-0.39, 0.29) is 12.5 Å². The zero-order valence-electron chi connectivity index (χ0n) is 8.34. The van der Waals surface area contributed by atoms with E-state index in [9.17, 15) is 4.79 Å². The second-order valence-corrected chi connectivity index (χ2v) is 4.54. The van der Waals surface area contributed by atoms with Crippen molar-refractivity contribution in [2.75, 3.05) is 5.32 Å². The molecule has 0 aliphatic rings. The van der Waals surface area contributed by atoms with Gasteiger partial charge in [0.15, 0.2) is 5.82 Å². The van der Waals surface area contributed by atoms with Crippen LogP contribution in [0.1, 0.15) is 0 Å². The van der Waals surface area contributed by atoms with Crippen LogP contribution < -0.4 is 5.32 Å². The summed E-state index contributed by atoms with van der Waals surface area (Å²) in [5, 5.41) is 6.43. The molecule has 17 heavy (non-hydrogen) atoms. The van der Waals surface area contributed by atoms with Crippen molar-refractivity contribution >= 4 is 43.6 Å². The molecule has 0 aliphatic heterocycles. The number of nitrogens with zero attached hydrogens (tertiary/aromatic N) is 5. The number of rotatable bonds is 3. The number of nitrogens with one attached hydrogen (secondary N) is 1. The van der Waals surface area contributed by atoms with Gasteiger partial charge in [-0.2, -0.15) is 5.10 Å². The van der Waals surface area contributed by atoms with Gasteiger partial charge in [0.05, 0.1) is 6.20 Å². The predicted molar refractivity (Wildman–Crippen MR) is 66.1 cm³/mol. The summed E-state index contributed by atoms with van der Waals surface area (Å²) in [6.07, 6.45) is 4.32. The van der Waals surface area contributed by atoms with Crippen LogP contribution in [0, 0.1) is 0 Å². The van der Waals surface area contributed by atoms with Crippen LogP contribution in [0.5, 0.6) is 0 Å². The molecular formula is C8H6Br2N6O. The first-order valence-electron chi connectivity index (χ1n) is 4.45. The van der Waals surface area contributed by atoms with Gasteiger partial charge in [-0.1, -0.05) is 0 Å². The highest BCUT2D eigenvalue weighted by atomic mass is 79.9. The summed E-state index contributed by atoms with van der Waals surface area (Å²) in [5.74, 6) is 0.103. The maximum Gasteiger partial charge on any atom is 0.247 e. The van der Waals surface area contributed by atoms with Crippen molar-refractivity contribution in [3.8, 4) is 0 Å². The zero-order valence-corrected chi connectivity index (χ0v) is 11.5. The molecule has 0 atom stereocenters. The van der Waals surface area contributed by atoms with Crippen molar-refractivity contribution < 1.29 is 4.79 Å². The largest absolute Gasteiger partial charge is 0.307 e. The molecular weight excluding hydrogens is 356 g/mol. The molecule has 2 heterocycles. The predicted octanol–water partition coefficient (Wildman–Crippen LogP) is 1.23. The number of halogens is 2. The molecule has 0 spiro atoms. The summed E-state index contributed by atoms with van der Waals surface area (Å²) in [5.41, 5.74) is 0. The third-order valence-corrected chi connectivity index (χ3v) is 2.67. The van der Waals surface area contributed by atoms with Crippen LogP contribution in [0.4, 0.5) is 5.82 Å². The van der Waals surface area contributed by atoms with Gasteiger partial charge in [-0.05, 0) is 31.9 Å². The van der Waals surface area contributed by atoms with Crippen molar-refractivity contribution in [2.24, 2.45) is 0 Å². The van der Waals surface area contributed by atoms with Crippen molar-refractivity contribution in [2.45, 2.75) is 6.54 Å². The maximum atomic E-state index is 11.6. The Kier molecular flexibility index (Phi) is 3.79. The third-order valence-electron chi connectivity index (χ3n) is 1.73. The molecule has 0 aliphatic carbocycles. The van der Waals surface area contributed by atoms with E-state index in [1.165, 1.54) is 23.5 Å². The highest BCUT2D eigenvalue weighted by molar-refractivity contribution is 9.11. The van der Waals surface area contributed by atoms with Gasteiger partial charge in [0.2, 0.25) is 5.91 Å². The highest BCUT2D eigenvalue weighted by Crippen LogP contribution is 2.19. The van der Waals surface area contributed by atoms with Crippen LogP contribution in [0.2, 0.25) is 0 Å². The van der Waals surface area contributed by atoms with Gasteiger partial charge in [-0.25, -0.2) is 19.6 Å². The fourth-order valence-electron chi connectivity index (χ4n) is 1.06. The Morgan fingerprint density at radius 2 is 2.29 bits per heavy atom. The molecule has 7 nitrogen and oxygen atoms in total. The lowest BCUT2D eigenvalue weighted by atomic mass is 10.5. The van der Waals surface area contributed by atoms with Crippen molar-refractivity contribution in [1.82, 2.24) is 24.7 Å². The summed E-state index contributed by atoms with van der Waals surface area (Å²) in [4.78, 5) is 23.4. The molecule has 2 rings (SSSR count). The summed E-state index contributed by atoms with van der Waals surface area (Å²) in [6.45, 7) is 0.0736. The van der Waals surface area contributed by atoms with E-state index in [2.05, 4.69) is 57.2 Å². The molecule has 0 radical (unpaired) electrons. The van der Waals surface area contributed by atoms with Crippen LogP contribution >= 0.6 is 31.9 Å². The summed E-state index contributed by atoms with van der Waals surface area (Å²) < 4.78 is 2.45. The number of hydrogen-bond acceptors (Lipinski definition) is 5. The van der Waals surface area contributed by atoms with Crippen LogP contribution in [0.15, 0.2) is 28.1 Å². The number of amides is 1. The lowest BCUT2D eigenvalue weighted by molar-refractivity contribution is -0.116. The molecule has 0 saturated heterocycles. The third kappa shape index (κ3) is 3.30. The van der Waals surface area contributed by atoms with Crippen LogP contribution in [0.3, 0.4) is 0 Å². The smallest absolute Gasteiger partial charge is 0.247 e. The molecule has 2 aromatic rings. The fourth-order valence-corrected chi connectivity index (χ4v) is 1.97. The van der Waals surface area contributed by atoms with E-state index in [1.807, 2.05) is 0 Å². The minimum absolute atomic E-state index is 0.0736. The molecule has 1 N–H and O–H groups in total. The number of hydrogen-bond donors (Lipinski definition) is 1. The Morgan fingerprint density at radius 1 is 1.47 bits per heavy atom. The molecule has 0 unspecified atom stereocenters. The number of carbonyl (C=O) groups excluding carboxylic acids is 1. The second kappa shape index (κ2) is 5.32. The molecule has 0 bridgehead atoms. The maximum absolute atomic E-state index is 11.6. The van der Waals surface area contributed by atoms with Crippen molar-refractivity contribution in [1.29, 1.82) is 0 Å². The average molecular weight is 362 g/mol. The first kappa shape index (κ1) is 12.1. The molecule has 2 aromatic heterocycles. The topological polar surface area (TPSA) is 85.6 Å². The molecule has 88 valence electrons. The number of carbonyl (C=O) groups is 1. The Hall–Kier alpha value is -1.35. The molecule has 0 aromatic carbocycles. The van der Waals surface area contributed by atoms with E-state index in [0.717, 1.165) is 0 Å². The Balaban J connectivity index is 2.03. The molecule has 0 saturated carbocycles. The monoisotopic (exact) mass is 360 g/mol. The minimum atomic E-state index is -0.257. The number of anilines is 1. The van der Waals surface area contributed by atoms with Crippen molar-refractivity contribution in [3.63, 3.8) is 0 Å². The summed E-state index contributed by atoms with van der Waals surface area (Å²) in [7, 11) is 0. The first-order chi connectivity index (χ1) is 8.15. The molecule has 0 fully saturated rings. The van der Waals surface area contributed by atoms with Gasteiger partial charge in [0, 0.05) is 0 Å². The van der Waals surface area contributed by atoms with Gasteiger partial charge in [0.1, 0.15) is 28.4 Å². The van der Waals surface area contributed by atoms with E-state index < -0.39 is 0 Å². The Labute approximate surface area is 113 Å². The Morgan fingerprint density at radius 3 is 2.94 bits per heavy atom. The van der Waals surface area contributed by atoms with Crippen molar-refractivity contribution in [3.05, 3.63) is 28.1 Å². The van der Waals surface area contributed by atoms with E-state index in [1.54, 1.807) is 0 Å². The van der Waals surface area contributed by atoms with Gasteiger partial charge in [0.25, 0.3) is 0 Å². The van der Waals surface area contributed by atoms with Crippen LogP contribution in [0.25, 0.3) is 0 Å². The van der Waals surface area contributed by atoms with E-state index in [0.29, 0.717) is 15.0 Å². The van der Waals surface area contributed by atoms with E-state index >= 15 is 0 Å². The molecule has 9 heteroatoms. The van der Waals surface area contributed by atoms with Gasteiger partial charge in [-0.15, -0.1) is 0 Å². The van der Waals surface area contributed by atoms with E-state index in [4.69, 9.17) is 0 Å². The zero-order chi connectivity index (χ0) is 12.3. The minimum Gasteiger partial charge on any atom is -0.307 e. The lowest BCUT2D eigenvalue weighted by Crippen LogP contribution is -2.20. The Bertz CT molecular complexity index is 529. The number of aromatic nitrogens is 5. The lowest BCUT2D eigenvalue weighted by Gasteiger charge is -2.05. The normalized spacial score (nSPS) is 10.2. The fraction of sp³-hybridized carbons (Fsp3) is 0.125. The summed E-state index contributed by atoms with van der Waals surface area (Å²) >= 11 is 6.37. The van der Waals surface area contributed by atoms with Gasteiger partial charge in [-0.3, -0.25) is 4.79 Å². The standard InChI is InChI=1S/C8H6Br2N6O/c9-5-1-12-8(7(10)14-5)15-6(17)2-16-4-11-3-13-16/h1,3-4H,2H2,(H,12,15,17). The molecule has 1 amide bonds. The average Bonchev–Trinajstić information content (AvgIpc) is 2.75. The van der Waals surface area contributed by atoms with Gasteiger partial charge >= 0.3 is 0 Å². The summed E-state index contributed by atoms with van der Waals surface area (Å²) in [6, 6.07) is 0. The second-order valence-electron chi connectivity index (χ2n) is 2.97. The van der Waals surface area contributed by atoms with Crippen LogP contribution in [-0.4, -0.2) is 30.6 Å². The quantitative estimate of drug-likeness (QED) is 0.888.